The van der Waals surface area contributed by atoms with E-state index in [9.17, 15) is 22.0 Å². The van der Waals surface area contributed by atoms with Gasteiger partial charge >= 0.3 is 0 Å². The van der Waals surface area contributed by atoms with Gasteiger partial charge in [0.25, 0.3) is 0 Å². The van der Waals surface area contributed by atoms with E-state index in [1.54, 1.807) is 0 Å². The van der Waals surface area contributed by atoms with Gasteiger partial charge in [0.05, 0.1) is 4.90 Å². The minimum atomic E-state index is -3.82. The molecule has 0 aliphatic carbocycles. The van der Waals surface area contributed by atoms with Gasteiger partial charge in [-0.3, -0.25) is 0 Å². The molecule has 104 valence electrons. The zero-order chi connectivity index (χ0) is 14.0. The molecule has 1 aromatic rings. The minimum absolute atomic E-state index is 0.128. The number of carbonyl (C=O) groups is 1. The molecule has 1 aliphatic rings. The first-order chi connectivity index (χ1) is 8.95. The van der Waals surface area contributed by atoms with Crippen molar-refractivity contribution in [3.05, 3.63) is 29.8 Å². The molecule has 1 aromatic carbocycles. The van der Waals surface area contributed by atoms with Crippen LogP contribution >= 0.6 is 0 Å². The molecule has 0 N–H and O–H groups in total. The monoisotopic (exact) mass is 289 g/mol. The van der Waals surface area contributed by atoms with Gasteiger partial charge in [0.15, 0.2) is 11.6 Å². The summed E-state index contributed by atoms with van der Waals surface area (Å²) in [5.41, 5.74) is 0. The number of hydrogen-bond donors (Lipinski definition) is 0. The number of aldehydes is 1. The third-order valence-corrected chi connectivity index (χ3v) is 5.11. The summed E-state index contributed by atoms with van der Waals surface area (Å²) in [6.07, 6.45) is 1.72. The summed E-state index contributed by atoms with van der Waals surface area (Å²) in [6.45, 7) is 0.426. The molecular weight excluding hydrogens is 276 g/mol. The topological polar surface area (TPSA) is 54.5 Å². The number of benzene rings is 1. The smallest absolute Gasteiger partial charge is 0.243 e. The highest BCUT2D eigenvalue weighted by Gasteiger charge is 2.29. The van der Waals surface area contributed by atoms with Crippen LogP contribution < -0.4 is 0 Å². The van der Waals surface area contributed by atoms with Gasteiger partial charge in [-0.15, -0.1) is 0 Å². The molecule has 0 spiro atoms. The quantitative estimate of drug-likeness (QED) is 0.794. The molecular formula is C12H13F2NO3S. The summed E-state index contributed by atoms with van der Waals surface area (Å²) in [4.78, 5) is 10.3. The highest BCUT2D eigenvalue weighted by atomic mass is 32.2. The van der Waals surface area contributed by atoms with E-state index in [2.05, 4.69) is 0 Å². The number of rotatable bonds is 3. The van der Waals surface area contributed by atoms with Crippen LogP contribution in [0.15, 0.2) is 23.1 Å². The average molecular weight is 289 g/mol. The van der Waals surface area contributed by atoms with Crippen LogP contribution in [0.4, 0.5) is 8.78 Å². The Hall–Kier alpha value is -1.34. The normalized spacial score (nSPS) is 18.4. The molecule has 0 aromatic heterocycles. The van der Waals surface area contributed by atoms with Crippen molar-refractivity contribution in [1.29, 1.82) is 0 Å². The van der Waals surface area contributed by atoms with E-state index < -0.39 is 21.7 Å². The van der Waals surface area contributed by atoms with Crippen LogP contribution in [-0.2, 0) is 14.8 Å². The van der Waals surface area contributed by atoms with Gasteiger partial charge in [-0.25, -0.2) is 17.2 Å². The van der Waals surface area contributed by atoms with Gasteiger partial charge in [0.1, 0.15) is 6.29 Å². The number of piperidine rings is 1. The zero-order valence-electron chi connectivity index (χ0n) is 10.1. The highest BCUT2D eigenvalue weighted by molar-refractivity contribution is 7.89. The molecule has 1 heterocycles. The summed E-state index contributed by atoms with van der Waals surface area (Å²) in [7, 11) is -3.82. The Morgan fingerprint density at radius 3 is 2.32 bits per heavy atom. The highest BCUT2D eigenvalue weighted by Crippen LogP contribution is 2.23. The SMILES string of the molecule is O=CC1CCN(S(=O)(=O)c2ccc(F)c(F)c2)CC1. The van der Waals surface area contributed by atoms with Gasteiger partial charge in [0, 0.05) is 19.0 Å². The minimum Gasteiger partial charge on any atom is -0.303 e. The molecule has 1 saturated heterocycles. The lowest BCUT2D eigenvalue weighted by molar-refractivity contribution is -0.112. The third-order valence-electron chi connectivity index (χ3n) is 3.22. The number of sulfonamides is 1. The second kappa shape index (κ2) is 5.34. The number of carbonyl (C=O) groups excluding carboxylic acids is 1. The first-order valence-corrected chi connectivity index (χ1v) is 7.29. The van der Waals surface area contributed by atoms with E-state index in [1.807, 2.05) is 0 Å². The van der Waals surface area contributed by atoms with Crippen molar-refractivity contribution < 1.29 is 22.0 Å². The molecule has 19 heavy (non-hydrogen) atoms. The van der Waals surface area contributed by atoms with Crippen molar-refractivity contribution in [3.63, 3.8) is 0 Å². The third kappa shape index (κ3) is 2.82. The largest absolute Gasteiger partial charge is 0.303 e. The van der Waals surface area contributed by atoms with Crippen molar-refractivity contribution in [2.24, 2.45) is 5.92 Å². The van der Waals surface area contributed by atoms with Crippen molar-refractivity contribution in [2.75, 3.05) is 13.1 Å². The molecule has 0 atom stereocenters. The Bertz CT molecular complexity index is 581. The Balaban J connectivity index is 2.23. The molecule has 0 saturated carbocycles. The Labute approximate surface area is 110 Å². The Morgan fingerprint density at radius 2 is 1.79 bits per heavy atom. The first-order valence-electron chi connectivity index (χ1n) is 5.85. The van der Waals surface area contributed by atoms with E-state index in [4.69, 9.17) is 0 Å². The maximum absolute atomic E-state index is 13.1. The predicted octanol–water partition coefficient (Wildman–Crippen LogP) is 1.56. The molecule has 4 nitrogen and oxygen atoms in total. The van der Waals surface area contributed by atoms with Gasteiger partial charge < -0.3 is 4.79 Å². The van der Waals surface area contributed by atoms with Gasteiger partial charge in [-0.05, 0) is 31.0 Å². The summed E-state index contributed by atoms with van der Waals surface area (Å²) in [6, 6.07) is 2.51. The van der Waals surface area contributed by atoms with Gasteiger partial charge in [-0.1, -0.05) is 0 Å². The standard InChI is InChI=1S/C12H13F2NO3S/c13-11-2-1-10(7-12(11)14)19(17,18)15-5-3-9(8-16)4-6-15/h1-2,7-9H,3-6H2. The van der Waals surface area contributed by atoms with Crippen LogP contribution in [0, 0.1) is 17.6 Å². The lowest BCUT2D eigenvalue weighted by Crippen LogP contribution is -2.38. The maximum atomic E-state index is 13.1. The van der Waals surface area contributed by atoms with Crippen LogP contribution in [0.25, 0.3) is 0 Å². The summed E-state index contributed by atoms with van der Waals surface area (Å²) < 4.78 is 51.5. The van der Waals surface area contributed by atoms with Gasteiger partial charge in [-0.2, -0.15) is 4.31 Å². The zero-order valence-corrected chi connectivity index (χ0v) is 10.9. The maximum Gasteiger partial charge on any atom is 0.243 e. The van der Waals surface area contributed by atoms with Crippen LogP contribution in [0.2, 0.25) is 0 Å². The lowest BCUT2D eigenvalue weighted by atomic mass is 10.0. The molecule has 7 heteroatoms. The second-order valence-corrected chi connectivity index (χ2v) is 6.39. The Kier molecular flexibility index (Phi) is 3.96. The summed E-state index contributed by atoms with van der Waals surface area (Å²) in [5, 5.41) is 0. The van der Waals surface area contributed by atoms with Gasteiger partial charge in [0.2, 0.25) is 10.0 Å². The predicted molar refractivity (Wildman–Crippen MR) is 63.9 cm³/mol. The van der Waals surface area contributed by atoms with Crippen molar-refractivity contribution in [1.82, 2.24) is 4.31 Å². The number of hydrogen-bond acceptors (Lipinski definition) is 3. The van der Waals surface area contributed by atoms with E-state index in [1.165, 1.54) is 4.31 Å². The van der Waals surface area contributed by atoms with Crippen LogP contribution in [0.1, 0.15) is 12.8 Å². The van der Waals surface area contributed by atoms with Crippen molar-refractivity contribution in [2.45, 2.75) is 17.7 Å². The number of nitrogens with zero attached hydrogens (tertiary/aromatic N) is 1. The first kappa shape index (κ1) is 14.1. The molecule has 0 amide bonds. The molecule has 0 radical (unpaired) electrons. The number of halogens is 2. The Morgan fingerprint density at radius 1 is 1.16 bits per heavy atom. The average Bonchev–Trinajstić information content (AvgIpc) is 2.41. The van der Waals surface area contributed by atoms with Crippen LogP contribution in [0.5, 0.6) is 0 Å². The van der Waals surface area contributed by atoms with E-state index in [0.29, 0.717) is 18.9 Å². The molecule has 1 aliphatic heterocycles. The van der Waals surface area contributed by atoms with Crippen LogP contribution in [-0.4, -0.2) is 32.1 Å². The van der Waals surface area contributed by atoms with E-state index in [-0.39, 0.29) is 23.9 Å². The molecule has 0 bridgehead atoms. The van der Waals surface area contributed by atoms with E-state index >= 15 is 0 Å². The van der Waals surface area contributed by atoms with Crippen molar-refractivity contribution in [3.8, 4) is 0 Å². The van der Waals surface area contributed by atoms with Crippen molar-refractivity contribution >= 4 is 16.3 Å². The second-order valence-electron chi connectivity index (χ2n) is 4.45. The molecule has 1 fully saturated rings. The fourth-order valence-corrected chi connectivity index (χ4v) is 3.52. The fraction of sp³-hybridized carbons (Fsp3) is 0.417. The lowest BCUT2D eigenvalue weighted by Gasteiger charge is -2.28. The fourth-order valence-electron chi connectivity index (χ4n) is 2.04. The summed E-state index contributed by atoms with van der Waals surface area (Å²) >= 11 is 0. The molecule has 0 unspecified atom stereocenters. The molecule has 2 rings (SSSR count). The van der Waals surface area contributed by atoms with Crippen LogP contribution in [0.3, 0.4) is 0 Å². The summed E-state index contributed by atoms with van der Waals surface area (Å²) in [5.74, 6) is -2.40. The van der Waals surface area contributed by atoms with E-state index in [0.717, 1.165) is 18.4 Å².